The molecule has 0 aliphatic carbocycles. The van der Waals surface area contributed by atoms with E-state index >= 15 is 0 Å². The van der Waals surface area contributed by atoms with Gasteiger partial charge in [0.05, 0.1) is 23.4 Å². The van der Waals surface area contributed by atoms with Crippen LogP contribution in [0, 0.1) is 6.92 Å². The first-order chi connectivity index (χ1) is 16.8. The van der Waals surface area contributed by atoms with Crippen LogP contribution in [-0.2, 0) is 16.6 Å². The normalized spacial score (nSPS) is 14.6. The van der Waals surface area contributed by atoms with Gasteiger partial charge in [-0.05, 0) is 54.6 Å². The minimum Gasteiger partial charge on any atom is -0.497 e. The fraction of sp³-hybridized carbons (Fsp3) is 0.200. The molecule has 2 heterocycles. The lowest BCUT2D eigenvalue weighted by Crippen LogP contribution is -2.32. The second-order valence-corrected chi connectivity index (χ2v) is 8.84. The van der Waals surface area contributed by atoms with E-state index in [1.807, 2.05) is 18.2 Å². The SMILES string of the molecule is COc1cccc(/C=C2/SC(=O)N(CCC(=O)Nc3c(C)n(C)n(-c4ccccc4)c3=O)C2=O)c1. The Morgan fingerprint density at radius 3 is 2.54 bits per heavy atom. The molecule has 0 spiro atoms. The summed E-state index contributed by atoms with van der Waals surface area (Å²) in [5.74, 6) is -0.290. The number of aromatic nitrogens is 2. The zero-order chi connectivity index (χ0) is 25.1. The molecule has 9 nitrogen and oxygen atoms in total. The molecule has 0 unspecified atom stereocenters. The summed E-state index contributed by atoms with van der Waals surface area (Å²) in [6.07, 6.45) is 1.48. The van der Waals surface area contributed by atoms with Crippen molar-refractivity contribution in [3.8, 4) is 11.4 Å². The van der Waals surface area contributed by atoms with Crippen LogP contribution in [0.25, 0.3) is 11.8 Å². The number of carbonyl (C=O) groups excluding carboxylic acids is 3. The Morgan fingerprint density at radius 1 is 1.09 bits per heavy atom. The maximum Gasteiger partial charge on any atom is 0.295 e. The maximum atomic E-state index is 13.0. The van der Waals surface area contributed by atoms with Crippen molar-refractivity contribution in [2.24, 2.45) is 7.05 Å². The number of benzene rings is 2. The Bertz CT molecular complexity index is 1390. The number of carbonyl (C=O) groups is 3. The Kier molecular flexibility index (Phi) is 6.92. The van der Waals surface area contributed by atoms with E-state index in [2.05, 4.69) is 5.32 Å². The zero-order valence-corrected chi connectivity index (χ0v) is 20.3. The fourth-order valence-electron chi connectivity index (χ4n) is 3.70. The fourth-order valence-corrected chi connectivity index (χ4v) is 4.57. The molecule has 1 aromatic heterocycles. The molecule has 1 N–H and O–H groups in total. The van der Waals surface area contributed by atoms with Crippen LogP contribution in [0.1, 0.15) is 17.7 Å². The first-order valence-electron chi connectivity index (χ1n) is 10.8. The average Bonchev–Trinajstić information content (AvgIpc) is 3.24. The van der Waals surface area contributed by atoms with Crippen molar-refractivity contribution in [1.29, 1.82) is 0 Å². The molecular weight excluding hydrogens is 468 g/mol. The van der Waals surface area contributed by atoms with Gasteiger partial charge in [-0.15, -0.1) is 0 Å². The maximum absolute atomic E-state index is 13.0. The van der Waals surface area contributed by atoms with E-state index in [0.717, 1.165) is 22.2 Å². The number of para-hydroxylation sites is 1. The molecule has 1 saturated heterocycles. The third kappa shape index (κ3) is 4.92. The van der Waals surface area contributed by atoms with Crippen molar-refractivity contribution in [2.45, 2.75) is 13.3 Å². The second-order valence-electron chi connectivity index (χ2n) is 7.84. The molecule has 0 bridgehead atoms. The zero-order valence-electron chi connectivity index (χ0n) is 19.5. The van der Waals surface area contributed by atoms with Crippen molar-refractivity contribution >= 4 is 40.6 Å². The monoisotopic (exact) mass is 492 g/mol. The van der Waals surface area contributed by atoms with Gasteiger partial charge in [-0.3, -0.25) is 28.8 Å². The molecule has 2 aromatic carbocycles. The van der Waals surface area contributed by atoms with Crippen LogP contribution in [0.2, 0.25) is 0 Å². The van der Waals surface area contributed by atoms with Crippen molar-refractivity contribution in [3.63, 3.8) is 0 Å². The van der Waals surface area contributed by atoms with Crippen LogP contribution in [0.3, 0.4) is 0 Å². The summed E-state index contributed by atoms with van der Waals surface area (Å²) >= 11 is 0.823. The van der Waals surface area contributed by atoms with Gasteiger partial charge in [0.1, 0.15) is 11.4 Å². The lowest BCUT2D eigenvalue weighted by molar-refractivity contribution is -0.123. The predicted octanol–water partition coefficient (Wildman–Crippen LogP) is 3.56. The molecule has 10 heteroatoms. The number of amides is 3. The smallest absolute Gasteiger partial charge is 0.295 e. The van der Waals surface area contributed by atoms with Gasteiger partial charge in [0.15, 0.2) is 0 Å². The molecule has 1 aliphatic heterocycles. The van der Waals surface area contributed by atoms with E-state index in [0.29, 0.717) is 17.1 Å². The molecule has 3 amide bonds. The van der Waals surface area contributed by atoms with Crippen LogP contribution in [-0.4, -0.2) is 45.0 Å². The second kappa shape index (κ2) is 10.1. The average molecular weight is 493 g/mol. The van der Waals surface area contributed by atoms with Gasteiger partial charge in [0, 0.05) is 20.0 Å². The molecular formula is C25H24N4O5S. The Morgan fingerprint density at radius 2 is 1.83 bits per heavy atom. The van der Waals surface area contributed by atoms with Gasteiger partial charge in [0.2, 0.25) is 5.91 Å². The first kappa shape index (κ1) is 24.1. The highest BCUT2D eigenvalue weighted by atomic mass is 32.2. The van der Waals surface area contributed by atoms with Gasteiger partial charge in [-0.1, -0.05) is 30.3 Å². The Labute approximate surface area is 206 Å². The third-order valence-electron chi connectivity index (χ3n) is 5.65. The number of imide groups is 1. The number of methoxy groups -OCH3 is 1. The molecule has 0 saturated carbocycles. The number of hydrogen-bond donors (Lipinski definition) is 1. The number of nitrogens with one attached hydrogen (secondary N) is 1. The van der Waals surface area contributed by atoms with Gasteiger partial charge in [-0.25, -0.2) is 4.68 Å². The number of rotatable bonds is 7. The predicted molar refractivity (Wildman–Crippen MR) is 135 cm³/mol. The molecule has 3 aromatic rings. The summed E-state index contributed by atoms with van der Waals surface area (Å²) < 4.78 is 8.31. The molecule has 180 valence electrons. The first-order valence-corrected chi connectivity index (χ1v) is 11.6. The third-order valence-corrected chi connectivity index (χ3v) is 6.55. The van der Waals surface area contributed by atoms with Crippen molar-refractivity contribution in [1.82, 2.24) is 14.3 Å². The number of ether oxygens (including phenoxy) is 1. The van der Waals surface area contributed by atoms with Crippen molar-refractivity contribution in [2.75, 3.05) is 19.0 Å². The Balaban J connectivity index is 1.44. The Hall–Kier alpha value is -4.05. The lowest BCUT2D eigenvalue weighted by atomic mass is 10.2. The summed E-state index contributed by atoms with van der Waals surface area (Å²) in [4.78, 5) is 52.1. The number of hydrogen-bond acceptors (Lipinski definition) is 6. The summed E-state index contributed by atoms with van der Waals surface area (Å²) in [7, 11) is 3.28. The van der Waals surface area contributed by atoms with Gasteiger partial charge < -0.3 is 10.1 Å². The van der Waals surface area contributed by atoms with Gasteiger partial charge >= 0.3 is 0 Å². The van der Waals surface area contributed by atoms with E-state index in [1.165, 1.54) is 4.68 Å². The molecule has 35 heavy (non-hydrogen) atoms. The van der Waals surface area contributed by atoms with E-state index in [-0.39, 0.29) is 29.1 Å². The summed E-state index contributed by atoms with van der Waals surface area (Å²) in [6.45, 7) is 1.64. The van der Waals surface area contributed by atoms with E-state index in [1.54, 1.807) is 68.2 Å². The molecule has 0 radical (unpaired) electrons. The molecule has 0 atom stereocenters. The highest BCUT2D eigenvalue weighted by Crippen LogP contribution is 2.32. The largest absolute Gasteiger partial charge is 0.497 e. The van der Waals surface area contributed by atoms with Crippen molar-refractivity contribution in [3.05, 3.63) is 81.1 Å². The quantitative estimate of drug-likeness (QED) is 0.506. The molecule has 1 aliphatic rings. The van der Waals surface area contributed by atoms with Gasteiger partial charge in [-0.2, -0.15) is 0 Å². The molecule has 4 rings (SSSR count). The number of anilines is 1. The minimum atomic E-state index is -0.466. The number of thioether (sulfide) groups is 1. The summed E-state index contributed by atoms with van der Waals surface area (Å²) in [6, 6.07) is 16.2. The summed E-state index contributed by atoms with van der Waals surface area (Å²) in [5, 5.41) is 2.20. The van der Waals surface area contributed by atoms with Crippen LogP contribution < -0.4 is 15.6 Å². The number of nitrogens with zero attached hydrogens (tertiary/aromatic N) is 3. The topological polar surface area (TPSA) is 103 Å². The van der Waals surface area contributed by atoms with Gasteiger partial charge in [0.25, 0.3) is 16.7 Å². The van der Waals surface area contributed by atoms with E-state index < -0.39 is 17.1 Å². The van der Waals surface area contributed by atoms with E-state index in [9.17, 15) is 19.2 Å². The van der Waals surface area contributed by atoms with E-state index in [4.69, 9.17) is 4.74 Å². The van der Waals surface area contributed by atoms with Crippen molar-refractivity contribution < 1.29 is 19.1 Å². The highest BCUT2D eigenvalue weighted by molar-refractivity contribution is 8.18. The van der Waals surface area contributed by atoms with Crippen LogP contribution in [0.5, 0.6) is 5.75 Å². The highest BCUT2D eigenvalue weighted by Gasteiger charge is 2.35. The minimum absolute atomic E-state index is 0.0926. The molecule has 1 fully saturated rings. The lowest BCUT2D eigenvalue weighted by Gasteiger charge is -2.12. The van der Waals surface area contributed by atoms with Crippen LogP contribution >= 0.6 is 11.8 Å². The van der Waals surface area contributed by atoms with Crippen LogP contribution in [0.15, 0.2) is 64.3 Å². The standard InChI is InChI=1S/C25H24N4O5S/c1-16-22(24(32)29(27(16)2)18-9-5-4-6-10-18)26-21(30)12-13-28-23(31)20(35-25(28)33)15-17-8-7-11-19(14-17)34-3/h4-11,14-15H,12-13H2,1-3H3,(H,26,30)/b20-15+. The van der Waals surface area contributed by atoms with Crippen LogP contribution in [0.4, 0.5) is 10.5 Å². The summed E-state index contributed by atoms with van der Waals surface area (Å²) in [5.41, 5.74) is 1.77.